The molecule has 1 aromatic rings. The highest BCUT2D eigenvalue weighted by Gasteiger charge is 2.62. The molecule has 15 heteroatoms. The molecular formula is C36H50N6O8S. The maximum Gasteiger partial charge on any atom is 0.410 e. The molecule has 0 radical (unpaired) electrons. The van der Waals surface area contributed by atoms with Crippen LogP contribution in [0.2, 0.25) is 0 Å². The number of ether oxygens (including phenoxy) is 1. The molecule has 2 aliphatic carbocycles. The fourth-order valence-electron chi connectivity index (χ4n) is 7.53. The van der Waals surface area contributed by atoms with Gasteiger partial charge in [-0.25, -0.2) is 18.0 Å². The molecule has 51 heavy (non-hydrogen) atoms. The first-order valence-corrected chi connectivity index (χ1v) is 19.8. The van der Waals surface area contributed by atoms with Gasteiger partial charge >= 0.3 is 12.1 Å². The predicted octanol–water partition coefficient (Wildman–Crippen LogP) is 2.70. The van der Waals surface area contributed by atoms with Gasteiger partial charge in [0.25, 0.3) is 5.91 Å². The third-order valence-electron chi connectivity index (χ3n) is 10.9. The number of sulfonamides is 1. The molecule has 3 heterocycles. The number of nitrogens with one attached hydrogen (secondary N) is 3. The van der Waals surface area contributed by atoms with Crippen LogP contribution in [0.5, 0.6) is 0 Å². The number of carbonyl (C=O) groups is 5. The molecule has 6 amide bonds. The van der Waals surface area contributed by atoms with Crippen molar-refractivity contribution in [3.63, 3.8) is 0 Å². The fourth-order valence-corrected chi connectivity index (χ4v) is 8.90. The van der Waals surface area contributed by atoms with Gasteiger partial charge in [-0.05, 0) is 61.6 Å². The van der Waals surface area contributed by atoms with Crippen molar-refractivity contribution >= 4 is 39.9 Å². The number of urea groups is 1. The van der Waals surface area contributed by atoms with Crippen LogP contribution in [0.3, 0.4) is 0 Å². The summed E-state index contributed by atoms with van der Waals surface area (Å²) >= 11 is 0. The van der Waals surface area contributed by atoms with Crippen molar-refractivity contribution in [1.82, 2.24) is 30.1 Å². The number of hydrogen-bond donors (Lipinski definition) is 3. The first-order valence-electron chi connectivity index (χ1n) is 18.2. The Kier molecular flexibility index (Phi) is 10.7. The zero-order valence-electron chi connectivity index (χ0n) is 29.5. The molecule has 5 aliphatic rings. The van der Waals surface area contributed by atoms with Gasteiger partial charge in [-0.2, -0.15) is 0 Å². The minimum atomic E-state index is -3.89. The fraction of sp³-hybridized carbons (Fsp3) is 0.639. The first kappa shape index (κ1) is 36.6. The van der Waals surface area contributed by atoms with Crippen molar-refractivity contribution in [2.45, 2.75) is 120 Å². The molecule has 3 aliphatic heterocycles. The number of aryl methyl sites for hydroxylation is 1. The highest BCUT2D eigenvalue weighted by molar-refractivity contribution is 7.91. The average Bonchev–Trinajstić information content (AvgIpc) is 3.99. The summed E-state index contributed by atoms with van der Waals surface area (Å²) in [5.41, 5.74) is 1.80. The molecule has 5 atom stereocenters. The standard InChI is InChI=1S/C36H50N6O8S/c1-4-6-14-29-32(44)42-21-26(18-30(42)31(43)38-36(19-25(36)5-2)33(45)39-51(48,49)27-15-16-27)50-35(47)41-20-24-13-10-12-23(28(24)22-41)11-8-7-9-17-40(3)34(46)37-29/h5,10,12-13,25-27,29-30H,2,4,6-9,11,14-22H2,1,3H3,(H,37,46)(H,38,43)(H,39,45)/t25-,26+,29-,30-,36+/m0/s1. The molecule has 0 spiro atoms. The Hall–Kier alpha value is -4.14. The van der Waals surface area contributed by atoms with Crippen molar-refractivity contribution in [1.29, 1.82) is 0 Å². The number of fused-ring (bicyclic) bond motifs is 3. The molecule has 3 N–H and O–H groups in total. The summed E-state index contributed by atoms with van der Waals surface area (Å²) in [6, 6.07) is 3.59. The number of hydrogen-bond acceptors (Lipinski definition) is 8. The number of unbranched alkanes of at least 4 members (excludes halogenated alkanes) is 1. The van der Waals surface area contributed by atoms with Gasteiger partial charge in [0.15, 0.2) is 0 Å². The zero-order chi connectivity index (χ0) is 36.5. The summed E-state index contributed by atoms with van der Waals surface area (Å²) in [5, 5.41) is 5.02. The SMILES string of the molecule is C=C[C@H]1C[C@]1(NC(=O)[C@@H]1C[C@@H]2CN1C(=O)[C@H](CCCC)NC(=O)N(C)CCCCCc1cccc3c1CN(C3)C(=O)O2)C(=O)NS(=O)(=O)C1CC1. The second-order valence-corrected chi connectivity index (χ2v) is 16.7. The lowest BCUT2D eigenvalue weighted by Crippen LogP contribution is -2.58. The van der Waals surface area contributed by atoms with Crippen molar-refractivity contribution in [2.75, 3.05) is 20.1 Å². The Morgan fingerprint density at radius 2 is 1.88 bits per heavy atom. The lowest BCUT2D eigenvalue weighted by atomic mass is 9.98. The normalized spacial score (nSPS) is 28.6. The predicted molar refractivity (Wildman–Crippen MR) is 187 cm³/mol. The van der Waals surface area contributed by atoms with Crippen molar-refractivity contribution in [3.8, 4) is 0 Å². The van der Waals surface area contributed by atoms with Crippen LogP contribution in [0.4, 0.5) is 9.59 Å². The number of rotatable bonds is 9. The van der Waals surface area contributed by atoms with Gasteiger partial charge in [-0.3, -0.25) is 24.0 Å². The summed E-state index contributed by atoms with van der Waals surface area (Å²) in [4.78, 5) is 73.3. The van der Waals surface area contributed by atoms with Crippen molar-refractivity contribution in [3.05, 3.63) is 47.5 Å². The van der Waals surface area contributed by atoms with E-state index in [2.05, 4.69) is 28.0 Å². The molecule has 278 valence electrons. The number of benzene rings is 1. The van der Waals surface area contributed by atoms with Gasteiger partial charge < -0.3 is 25.2 Å². The van der Waals surface area contributed by atoms with Crippen LogP contribution < -0.4 is 15.4 Å². The van der Waals surface area contributed by atoms with Crippen LogP contribution in [0.15, 0.2) is 30.9 Å². The van der Waals surface area contributed by atoms with E-state index in [1.807, 2.05) is 19.1 Å². The Morgan fingerprint density at radius 3 is 2.59 bits per heavy atom. The molecule has 6 rings (SSSR count). The van der Waals surface area contributed by atoms with E-state index in [4.69, 9.17) is 4.74 Å². The van der Waals surface area contributed by atoms with E-state index in [0.29, 0.717) is 45.3 Å². The Balaban J connectivity index is 1.26. The maximum absolute atomic E-state index is 14.3. The second-order valence-electron chi connectivity index (χ2n) is 14.7. The molecule has 2 saturated carbocycles. The van der Waals surface area contributed by atoms with Crippen molar-refractivity contribution < 1.29 is 37.1 Å². The van der Waals surface area contributed by atoms with Gasteiger partial charge in [-0.1, -0.05) is 50.5 Å². The van der Waals surface area contributed by atoms with Crippen LogP contribution in [-0.2, 0) is 48.7 Å². The van der Waals surface area contributed by atoms with Gasteiger partial charge in [0.2, 0.25) is 21.8 Å². The summed E-state index contributed by atoms with van der Waals surface area (Å²) in [7, 11) is -2.20. The van der Waals surface area contributed by atoms with E-state index in [9.17, 15) is 32.4 Å². The van der Waals surface area contributed by atoms with Crippen LogP contribution in [0, 0.1) is 5.92 Å². The highest BCUT2D eigenvalue weighted by Crippen LogP contribution is 2.45. The first-order chi connectivity index (χ1) is 24.4. The Morgan fingerprint density at radius 1 is 1.12 bits per heavy atom. The zero-order valence-corrected chi connectivity index (χ0v) is 30.3. The topological polar surface area (TPSA) is 175 Å². The van der Waals surface area contributed by atoms with Crippen molar-refractivity contribution in [2.24, 2.45) is 5.92 Å². The van der Waals surface area contributed by atoms with Crippen LogP contribution in [0.25, 0.3) is 0 Å². The molecule has 1 saturated heterocycles. The maximum atomic E-state index is 14.3. The monoisotopic (exact) mass is 726 g/mol. The largest absolute Gasteiger partial charge is 0.444 e. The number of amides is 6. The lowest BCUT2D eigenvalue weighted by Gasteiger charge is -2.30. The highest BCUT2D eigenvalue weighted by atomic mass is 32.2. The number of nitrogens with zero attached hydrogens (tertiary/aromatic N) is 3. The van der Waals surface area contributed by atoms with Gasteiger partial charge in [0, 0.05) is 39.0 Å². The molecule has 3 fully saturated rings. The van der Waals surface area contributed by atoms with E-state index in [-0.39, 0.29) is 19.4 Å². The second kappa shape index (κ2) is 14.8. The van der Waals surface area contributed by atoms with E-state index >= 15 is 0 Å². The minimum Gasteiger partial charge on any atom is -0.444 e. The summed E-state index contributed by atoms with van der Waals surface area (Å²) in [5.74, 6) is -2.53. The van der Waals surface area contributed by atoms with Crippen LogP contribution >= 0.6 is 0 Å². The summed E-state index contributed by atoms with van der Waals surface area (Å²) in [6.45, 7) is 6.93. The smallest absolute Gasteiger partial charge is 0.410 e. The third-order valence-corrected chi connectivity index (χ3v) is 12.8. The van der Waals surface area contributed by atoms with Gasteiger partial charge in [-0.15, -0.1) is 6.58 Å². The third kappa shape index (κ3) is 7.87. The molecule has 1 aromatic carbocycles. The molecule has 4 bridgehead atoms. The van der Waals surface area contributed by atoms with E-state index < -0.39 is 74.8 Å². The minimum absolute atomic E-state index is 0.0411. The quantitative estimate of drug-likeness (QED) is 0.326. The van der Waals surface area contributed by atoms with Crippen LogP contribution in [-0.4, -0.2) is 102 Å². The Labute approximate surface area is 299 Å². The molecule has 0 unspecified atom stereocenters. The van der Waals surface area contributed by atoms with Crippen LogP contribution in [0.1, 0.15) is 87.8 Å². The summed E-state index contributed by atoms with van der Waals surface area (Å²) in [6.07, 6.45) is 6.33. The lowest BCUT2D eigenvalue weighted by molar-refractivity contribution is -0.141. The Bertz CT molecular complexity index is 1680. The van der Waals surface area contributed by atoms with E-state index in [0.717, 1.165) is 43.2 Å². The molecular weight excluding hydrogens is 676 g/mol. The van der Waals surface area contributed by atoms with Gasteiger partial charge in [0.05, 0.1) is 11.8 Å². The summed E-state index contributed by atoms with van der Waals surface area (Å²) < 4.78 is 33.4. The van der Waals surface area contributed by atoms with Gasteiger partial charge in [0.1, 0.15) is 23.7 Å². The van der Waals surface area contributed by atoms with E-state index in [1.165, 1.54) is 16.5 Å². The average molecular weight is 727 g/mol. The molecule has 14 nitrogen and oxygen atoms in total. The van der Waals surface area contributed by atoms with E-state index in [1.54, 1.807) is 16.8 Å². The number of carbonyl (C=O) groups excluding carboxylic acids is 5. The molecule has 0 aromatic heterocycles.